The molecule has 0 bridgehead atoms. The Kier molecular flexibility index (Phi) is 9.22. The Morgan fingerprint density at radius 3 is 2.00 bits per heavy atom. The van der Waals surface area contributed by atoms with E-state index in [-0.39, 0.29) is 0 Å². The van der Waals surface area contributed by atoms with Crippen molar-refractivity contribution in [1.29, 1.82) is 0 Å². The smallest absolute Gasteiger partial charge is 0.0103 e. The van der Waals surface area contributed by atoms with Gasteiger partial charge in [0.1, 0.15) is 0 Å². The van der Waals surface area contributed by atoms with Crippen LogP contribution in [0.3, 0.4) is 0 Å². The first-order valence-electron chi connectivity index (χ1n) is 6.21. The molecule has 0 aliphatic rings. The lowest BCUT2D eigenvalue weighted by molar-refractivity contribution is 0.389. The van der Waals surface area contributed by atoms with E-state index in [1.54, 1.807) is 0 Å². The van der Waals surface area contributed by atoms with Gasteiger partial charge in [0.25, 0.3) is 0 Å². The molecular formula is C13H28S2. The van der Waals surface area contributed by atoms with E-state index in [4.69, 9.17) is 0 Å². The normalized spacial score (nSPS) is 14.2. The van der Waals surface area contributed by atoms with E-state index < -0.39 is 0 Å². The van der Waals surface area contributed by atoms with Gasteiger partial charge in [-0.05, 0) is 41.9 Å². The van der Waals surface area contributed by atoms with Crippen LogP contribution in [0.1, 0.15) is 53.9 Å². The first-order chi connectivity index (χ1) is 7.02. The minimum Gasteiger partial charge on any atom is -0.162 e. The van der Waals surface area contributed by atoms with E-state index in [0.29, 0.717) is 5.41 Å². The molecule has 0 radical (unpaired) electrons. The second-order valence-electron chi connectivity index (χ2n) is 5.13. The third kappa shape index (κ3) is 8.50. The fourth-order valence-corrected chi connectivity index (χ4v) is 3.81. The second-order valence-corrected chi connectivity index (χ2v) is 7.66. The maximum atomic E-state index is 2.38. The molecule has 0 spiro atoms. The third-order valence-electron chi connectivity index (χ3n) is 2.36. The lowest BCUT2D eigenvalue weighted by atomic mass is 9.90. The SMILES string of the molecule is CCCSCCC(SCCC)C(C)(C)C. The summed E-state index contributed by atoms with van der Waals surface area (Å²) in [7, 11) is 0. The van der Waals surface area contributed by atoms with E-state index >= 15 is 0 Å². The predicted molar refractivity (Wildman–Crippen MR) is 78.2 cm³/mol. The monoisotopic (exact) mass is 248 g/mol. The van der Waals surface area contributed by atoms with Crippen molar-refractivity contribution in [2.45, 2.75) is 59.1 Å². The van der Waals surface area contributed by atoms with Crippen LogP contribution in [-0.2, 0) is 0 Å². The summed E-state index contributed by atoms with van der Waals surface area (Å²) in [5.41, 5.74) is 0.465. The van der Waals surface area contributed by atoms with Crippen molar-refractivity contribution in [1.82, 2.24) is 0 Å². The molecule has 0 aromatic heterocycles. The lowest BCUT2D eigenvalue weighted by Gasteiger charge is -2.30. The van der Waals surface area contributed by atoms with Crippen molar-refractivity contribution in [3.63, 3.8) is 0 Å². The van der Waals surface area contributed by atoms with Gasteiger partial charge in [-0.2, -0.15) is 23.5 Å². The van der Waals surface area contributed by atoms with E-state index in [1.807, 2.05) is 0 Å². The predicted octanol–water partition coefficient (Wildman–Crippen LogP) is 5.08. The number of hydrogen-bond acceptors (Lipinski definition) is 2. The van der Waals surface area contributed by atoms with Crippen molar-refractivity contribution in [2.75, 3.05) is 17.3 Å². The highest BCUT2D eigenvalue weighted by Crippen LogP contribution is 2.34. The zero-order valence-electron chi connectivity index (χ0n) is 11.1. The molecule has 0 aromatic carbocycles. The zero-order chi connectivity index (χ0) is 11.7. The maximum absolute atomic E-state index is 2.38. The molecular weight excluding hydrogens is 220 g/mol. The Hall–Kier alpha value is 0.700. The Bertz CT molecular complexity index is 138. The highest BCUT2D eigenvalue weighted by Gasteiger charge is 2.23. The van der Waals surface area contributed by atoms with Crippen LogP contribution in [0.15, 0.2) is 0 Å². The van der Waals surface area contributed by atoms with Crippen molar-refractivity contribution in [3.8, 4) is 0 Å². The largest absolute Gasteiger partial charge is 0.162 e. The first kappa shape index (κ1) is 15.7. The van der Waals surface area contributed by atoms with Gasteiger partial charge in [0.15, 0.2) is 0 Å². The van der Waals surface area contributed by atoms with Gasteiger partial charge in [-0.3, -0.25) is 0 Å². The van der Waals surface area contributed by atoms with Crippen LogP contribution in [0.2, 0.25) is 0 Å². The van der Waals surface area contributed by atoms with E-state index in [1.165, 1.54) is 36.5 Å². The summed E-state index contributed by atoms with van der Waals surface area (Å²) in [4.78, 5) is 0. The Morgan fingerprint density at radius 1 is 0.933 bits per heavy atom. The summed E-state index contributed by atoms with van der Waals surface area (Å²) >= 11 is 4.29. The molecule has 0 aliphatic heterocycles. The molecule has 0 aromatic rings. The second kappa shape index (κ2) is 8.81. The molecule has 0 N–H and O–H groups in total. The summed E-state index contributed by atoms with van der Waals surface area (Å²) < 4.78 is 0. The highest BCUT2D eigenvalue weighted by atomic mass is 32.2. The average Bonchev–Trinajstić information content (AvgIpc) is 2.15. The molecule has 92 valence electrons. The standard InChI is InChI=1S/C13H28S2/c1-6-9-14-11-8-12(13(3,4)5)15-10-7-2/h12H,6-11H2,1-5H3. The van der Waals surface area contributed by atoms with Gasteiger partial charge in [-0.15, -0.1) is 0 Å². The van der Waals surface area contributed by atoms with Crippen LogP contribution in [-0.4, -0.2) is 22.5 Å². The first-order valence-corrected chi connectivity index (χ1v) is 8.42. The summed E-state index contributed by atoms with van der Waals surface area (Å²) in [5.74, 6) is 3.99. The van der Waals surface area contributed by atoms with Gasteiger partial charge >= 0.3 is 0 Å². The minimum atomic E-state index is 0.465. The van der Waals surface area contributed by atoms with Crippen molar-refractivity contribution < 1.29 is 0 Å². The van der Waals surface area contributed by atoms with Crippen LogP contribution in [0, 0.1) is 5.41 Å². The number of thioether (sulfide) groups is 2. The summed E-state index contributed by atoms with van der Waals surface area (Å²) in [6, 6.07) is 0. The van der Waals surface area contributed by atoms with Crippen LogP contribution in [0.5, 0.6) is 0 Å². The van der Waals surface area contributed by atoms with Gasteiger partial charge in [-0.25, -0.2) is 0 Å². The van der Waals surface area contributed by atoms with Crippen molar-refractivity contribution in [3.05, 3.63) is 0 Å². The Morgan fingerprint density at radius 2 is 1.53 bits per heavy atom. The Labute approximate surface area is 105 Å². The fourth-order valence-electron chi connectivity index (χ4n) is 1.46. The molecule has 0 heterocycles. The number of hydrogen-bond donors (Lipinski definition) is 0. The molecule has 0 fully saturated rings. The van der Waals surface area contributed by atoms with Crippen LogP contribution < -0.4 is 0 Å². The van der Waals surface area contributed by atoms with Crippen LogP contribution in [0.4, 0.5) is 0 Å². The zero-order valence-corrected chi connectivity index (χ0v) is 12.8. The van der Waals surface area contributed by atoms with Gasteiger partial charge in [-0.1, -0.05) is 34.6 Å². The van der Waals surface area contributed by atoms with Gasteiger partial charge in [0.2, 0.25) is 0 Å². The maximum Gasteiger partial charge on any atom is 0.0103 e. The minimum absolute atomic E-state index is 0.465. The molecule has 1 unspecified atom stereocenters. The molecule has 0 aliphatic carbocycles. The van der Waals surface area contributed by atoms with Crippen LogP contribution in [0.25, 0.3) is 0 Å². The quantitative estimate of drug-likeness (QED) is 0.550. The molecule has 15 heavy (non-hydrogen) atoms. The molecule has 1 atom stereocenters. The van der Waals surface area contributed by atoms with E-state index in [2.05, 4.69) is 58.1 Å². The summed E-state index contributed by atoms with van der Waals surface area (Å²) in [6.07, 6.45) is 3.99. The molecule has 0 saturated heterocycles. The van der Waals surface area contributed by atoms with Crippen LogP contribution >= 0.6 is 23.5 Å². The third-order valence-corrected chi connectivity index (χ3v) is 5.57. The molecule has 2 heteroatoms. The highest BCUT2D eigenvalue weighted by molar-refractivity contribution is 8.00. The molecule has 0 nitrogen and oxygen atoms in total. The van der Waals surface area contributed by atoms with Gasteiger partial charge < -0.3 is 0 Å². The molecule has 0 saturated carbocycles. The fraction of sp³-hybridized carbons (Fsp3) is 1.00. The lowest BCUT2D eigenvalue weighted by Crippen LogP contribution is -2.24. The van der Waals surface area contributed by atoms with Crippen molar-refractivity contribution in [2.24, 2.45) is 5.41 Å². The van der Waals surface area contributed by atoms with Gasteiger partial charge in [0, 0.05) is 5.25 Å². The topological polar surface area (TPSA) is 0 Å². The Balaban J connectivity index is 3.81. The van der Waals surface area contributed by atoms with E-state index in [0.717, 1.165) is 5.25 Å². The van der Waals surface area contributed by atoms with Gasteiger partial charge in [0.05, 0.1) is 0 Å². The number of rotatable bonds is 8. The summed E-state index contributed by atoms with van der Waals surface area (Å²) in [5, 5.41) is 0.835. The average molecular weight is 249 g/mol. The van der Waals surface area contributed by atoms with Crippen molar-refractivity contribution >= 4 is 23.5 Å². The summed E-state index contributed by atoms with van der Waals surface area (Å²) in [6.45, 7) is 11.7. The van der Waals surface area contributed by atoms with E-state index in [9.17, 15) is 0 Å². The molecule has 0 rings (SSSR count). The molecule has 0 amide bonds.